The molecule has 1 amide bonds. The Labute approximate surface area is 166 Å². The summed E-state index contributed by atoms with van der Waals surface area (Å²) < 4.78 is 5.44. The standard InChI is InChI=1S/C20H28Cl2N2O2/c1-20(19(25)23-13-16-2-3-17(21)18(22)12-16)6-8-24(9-7-20)14-15-4-10-26-11-5-15/h2-3,12,15H,4-11,13-14H2,1H3,(H,23,25). The quantitative estimate of drug-likeness (QED) is 0.809. The average Bonchev–Trinajstić information content (AvgIpc) is 2.65. The number of amides is 1. The number of hydrogen-bond donors (Lipinski definition) is 1. The Morgan fingerprint density at radius 1 is 1.23 bits per heavy atom. The van der Waals surface area contributed by atoms with E-state index in [4.69, 9.17) is 27.9 Å². The van der Waals surface area contributed by atoms with Crippen LogP contribution >= 0.6 is 23.2 Å². The third-order valence-corrected chi connectivity index (χ3v) is 6.54. The summed E-state index contributed by atoms with van der Waals surface area (Å²) in [5.41, 5.74) is 0.677. The van der Waals surface area contributed by atoms with Crippen molar-refractivity contribution in [1.82, 2.24) is 10.2 Å². The lowest BCUT2D eigenvalue weighted by molar-refractivity contribution is -0.133. The maximum atomic E-state index is 12.7. The minimum atomic E-state index is -0.289. The first-order chi connectivity index (χ1) is 12.5. The van der Waals surface area contributed by atoms with Crippen molar-refractivity contribution in [3.63, 3.8) is 0 Å². The molecule has 1 aromatic carbocycles. The van der Waals surface area contributed by atoms with Gasteiger partial charge in [-0.25, -0.2) is 0 Å². The van der Waals surface area contributed by atoms with Crippen LogP contribution in [0, 0.1) is 11.3 Å². The molecule has 1 aromatic rings. The molecule has 0 unspecified atom stereocenters. The van der Waals surface area contributed by atoms with Gasteiger partial charge in [0.05, 0.1) is 10.0 Å². The van der Waals surface area contributed by atoms with E-state index in [-0.39, 0.29) is 11.3 Å². The van der Waals surface area contributed by atoms with Gasteiger partial charge in [-0.3, -0.25) is 4.79 Å². The van der Waals surface area contributed by atoms with Gasteiger partial charge in [0.1, 0.15) is 0 Å². The van der Waals surface area contributed by atoms with Crippen molar-refractivity contribution in [1.29, 1.82) is 0 Å². The summed E-state index contributed by atoms with van der Waals surface area (Å²) in [5.74, 6) is 0.880. The highest BCUT2D eigenvalue weighted by Gasteiger charge is 2.37. The molecular weight excluding hydrogens is 371 g/mol. The van der Waals surface area contributed by atoms with Crippen molar-refractivity contribution in [2.45, 2.75) is 39.2 Å². The normalized spacial score (nSPS) is 21.5. The Morgan fingerprint density at radius 2 is 1.92 bits per heavy atom. The van der Waals surface area contributed by atoms with Crippen LogP contribution in [0.2, 0.25) is 10.0 Å². The molecule has 6 heteroatoms. The molecule has 0 bridgehead atoms. The summed E-state index contributed by atoms with van der Waals surface area (Å²) in [4.78, 5) is 15.3. The van der Waals surface area contributed by atoms with Crippen LogP contribution in [0.5, 0.6) is 0 Å². The number of rotatable bonds is 5. The molecule has 0 spiro atoms. The Kier molecular flexibility index (Phi) is 6.84. The van der Waals surface area contributed by atoms with Gasteiger partial charge in [-0.1, -0.05) is 36.2 Å². The van der Waals surface area contributed by atoms with Crippen LogP contribution in [0.3, 0.4) is 0 Å². The average molecular weight is 399 g/mol. The Hall–Kier alpha value is -0.810. The second kappa shape index (κ2) is 8.92. The minimum absolute atomic E-state index is 0.134. The van der Waals surface area contributed by atoms with Gasteiger partial charge in [-0.05, 0) is 62.4 Å². The first-order valence-electron chi connectivity index (χ1n) is 9.49. The topological polar surface area (TPSA) is 41.6 Å². The second-order valence-corrected chi connectivity index (χ2v) is 8.66. The van der Waals surface area contributed by atoms with Crippen molar-refractivity contribution in [2.75, 3.05) is 32.8 Å². The molecule has 0 atom stereocenters. The molecular formula is C20H28Cl2N2O2. The van der Waals surface area contributed by atoms with Gasteiger partial charge in [0.2, 0.25) is 5.91 Å². The summed E-state index contributed by atoms with van der Waals surface area (Å²) in [6.45, 7) is 7.49. The summed E-state index contributed by atoms with van der Waals surface area (Å²) in [6, 6.07) is 5.47. The van der Waals surface area contributed by atoms with E-state index < -0.39 is 0 Å². The monoisotopic (exact) mass is 398 g/mol. The number of ether oxygens (including phenoxy) is 1. The fourth-order valence-electron chi connectivity index (χ4n) is 3.80. The number of piperidine rings is 1. The molecule has 0 saturated carbocycles. The number of halogens is 2. The van der Waals surface area contributed by atoms with Gasteiger partial charge in [-0.15, -0.1) is 0 Å². The van der Waals surface area contributed by atoms with Crippen molar-refractivity contribution < 1.29 is 9.53 Å². The van der Waals surface area contributed by atoms with Crippen molar-refractivity contribution >= 4 is 29.1 Å². The van der Waals surface area contributed by atoms with E-state index in [0.717, 1.165) is 70.0 Å². The summed E-state index contributed by atoms with van der Waals surface area (Å²) in [7, 11) is 0. The molecule has 2 heterocycles. The molecule has 26 heavy (non-hydrogen) atoms. The number of likely N-dealkylation sites (tertiary alicyclic amines) is 1. The smallest absolute Gasteiger partial charge is 0.226 e. The molecule has 4 nitrogen and oxygen atoms in total. The molecule has 2 saturated heterocycles. The van der Waals surface area contributed by atoms with Gasteiger partial charge in [-0.2, -0.15) is 0 Å². The van der Waals surface area contributed by atoms with Crippen molar-refractivity contribution in [2.24, 2.45) is 11.3 Å². The molecule has 0 radical (unpaired) electrons. The number of carbonyl (C=O) groups excluding carboxylic acids is 1. The highest BCUT2D eigenvalue weighted by molar-refractivity contribution is 6.42. The number of carbonyl (C=O) groups is 1. The Balaban J connectivity index is 1.46. The SMILES string of the molecule is CC1(C(=O)NCc2ccc(Cl)c(Cl)c2)CCN(CC2CCOCC2)CC1. The van der Waals surface area contributed by atoms with Crippen LogP contribution in [0.1, 0.15) is 38.2 Å². The van der Waals surface area contributed by atoms with Gasteiger partial charge >= 0.3 is 0 Å². The largest absolute Gasteiger partial charge is 0.381 e. The third kappa shape index (κ3) is 5.13. The predicted molar refractivity (Wildman–Crippen MR) is 106 cm³/mol. The number of nitrogens with one attached hydrogen (secondary N) is 1. The van der Waals surface area contributed by atoms with Crippen LogP contribution < -0.4 is 5.32 Å². The van der Waals surface area contributed by atoms with Crippen LogP contribution in [-0.4, -0.2) is 43.7 Å². The molecule has 2 fully saturated rings. The third-order valence-electron chi connectivity index (χ3n) is 5.80. The Bertz CT molecular complexity index is 624. The molecule has 144 valence electrons. The maximum absolute atomic E-state index is 12.7. The summed E-state index contributed by atoms with van der Waals surface area (Å²) in [5, 5.41) is 4.13. The fourth-order valence-corrected chi connectivity index (χ4v) is 4.12. The van der Waals surface area contributed by atoms with Gasteiger partial charge < -0.3 is 15.0 Å². The lowest BCUT2D eigenvalue weighted by Crippen LogP contribution is -2.48. The van der Waals surface area contributed by atoms with Crippen LogP contribution in [0.25, 0.3) is 0 Å². The first-order valence-corrected chi connectivity index (χ1v) is 10.2. The van der Waals surface area contributed by atoms with E-state index in [1.807, 2.05) is 12.1 Å². The molecule has 3 rings (SSSR count). The van der Waals surface area contributed by atoms with E-state index in [1.165, 1.54) is 0 Å². The molecule has 2 aliphatic rings. The van der Waals surface area contributed by atoms with E-state index >= 15 is 0 Å². The number of hydrogen-bond acceptors (Lipinski definition) is 3. The number of nitrogens with zero attached hydrogens (tertiary/aromatic N) is 1. The van der Waals surface area contributed by atoms with Gasteiger partial charge in [0.15, 0.2) is 0 Å². The zero-order valence-electron chi connectivity index (χ0n) is 15.4. The summed E-state index contributed by atoms with van der Waals surface area (Å²) >= 11 is 12.0. The van der Waals surface area contributed by atoms with E-state index in [1.54, 1.807) is 6.07 Å². The van der Waals surface area contributed by atoms with Crippen LogP contribution in [-0.2, 0) is 16.1 Å². The zero-order chi connectivity index (χ0) is 18.6. The molecule has 0 aliphatic carbocycles. The lowest BCUT2D eigenvalue weighted by atomic mass is 9.79. The zero-order valence-corrected chi connectivity index (χ0v) is 16.9. The van der Waals surface area contributed by atoms with Gasteiger partial charge in [0, 0.05) is 31.7 Å². The molecule has 2 aliphatic heterocycles. The lowest BCUT2D eigenvalue weighted by Gasteiger charge is -2.40. The van der Waals surface area contributed by atoms with E-state index in [9.17, 15) is 4.79 Å². The van der Waals surface area contributed by atoms with Crippen molar-refractivity contribution in [3.05, 3.63) is 33.8 Å². The van der Waals surface area contributed by atoms with Gasteiger partial charge in [0.25, 0.3) is 0 Å². The molecule has 1 N–H and O–H groups in total. The summed E-state index contributed by atoms with van der Waals surface area (Å²) in [6.07, 6.45) is 4.14. The van der Waals surface area contributed by atoms with Crippen LogP contribution in [0.4, 0.5) is 0 Å². The van der Waals surface area contributed by atoms with E-state index in [0.29, 0.717) is 16.6 Å². The Morgan fingerprint density at radius 3 is 2.58 bits per heavy atom. The fraction of sp³-hybridized carbons (Fsp3) is 0.650. The first kappa shape index (κ1) is 19.9. The predicted octanol–water partition coefficient (Wildman–Crippen LogP) is 4.14. The van der Waals surface area contributed by atoms with Crippen LogP contribution in [0.15, 0.2) is 18.2 Å². The highest BCUT2D eigenvalue weighted by Crippen LogP contribution is 2.32. The van der Waals surface area contributed by atoms with Crippen molar-refractivity contribution in [3.8, 4) is 0 Å². The minimum Gasteiger partial charge on any atom is -0.381 e. The molecule has 0 aromatic heterocycles. The highest BCUT2D eigenvalue weighted by atomic mass is 35.5. The maximum Gasteiger partial charge on any atom is 0.226 e. The van der Waals surface area contributed by atoms with E-state index in [2.05, 4.69) is 17.1 Å². The number of benzene rings is 1. The second-order valence-electron chi connectivity index (χ2n) is 7.85.